The van der Waals surface area contributed by atoms with Crippen LogP contribution >= 0.6 is 0 Å². The first-order valence-electron chi connectivity index (χ1n) is 9.48. The molecule has 3 heterocycles. The molecule has 0 N–H and O–H groups in total. The molecule has 1 aliphatic heterocycles. The van der Waals surface area contributed by atoms with Crippen LogP contribution in [0.5, 0.6) is 17.4 Å². The third-order valence-corrected chi connectivity index (χ3v) is 4.94. The molecule has 0 bridgehead atoms. The van der Waals surface area contributed by atoms with E-state index in [4.69, 9.17) is 18.9 Å². The van der Waals surface area contributed by atoms with Crippen LogP contribution in [0.1, 0.15) is 36.7 Å². The van der Waals surface area contributed by atoms with Gasteiger partial charge in [0.25, 0.3) is 0 Å². The molecule has 30 heavy (non-hydrogen) atoms. The normalized spacial score (nSPS) is 15.6. The smallest absolute Gasteiger partial charge is 0.338 e. The fourth-order valence-corrected chi connectivity index (χ4v) is 3.68. The average Bonchev–Trinajstić information content (AvgIpc) is 3.12. The molecule has 9 nitrogen and oxygen atoms in total. The van der Waals surface area contributed by atoms with Gasteiger partial charge in [0, 0.05) is 0 Å². The van der Waals surface area contributed by atoms with Crippen molar-refractivity contribution in [2.24, 2.45) is 0 Å². The number of allylic oxidation sites excluding steroid dienone is 1. The first-order valence-corrected chi connectivity index (χ1v) is 9.48. The van der Waals surface area contributed by atoms with Crippen molar-refractivity contribution in [1.29, 1.82) is 0 Å². The van der Waals surface area contributed by atoms with E-state index >= 15 is 0 Å². The molecule has 3 aromatic rings. The minimum atomic E-state index is -0.535. The molecule has 9 heteroatoms. The Labute approximate surface area is 173 Å². The van der Waals surface area contributed by atoms with Gasteiger partial charge in [-0.25, -0.2) is 19.3 Å². The third kappa shape index (κ3) is 3.12. The Hall–Kier alpha value is -3.62. The van der Waals surface area contributed by atoms with Gasteiger partial charge in [0.2, 0.25) is 5.88 Å². The van der Waals surface area contributed by atoms with Crippen LogP contribution in [0.4, 0.5) is 0 Å². The second-order valence-electron chi connectivity index (χ2n) is 6.73. The Morgan fingerprint density at radius 1 is 1.20 bits per heavy atom. The molecule has 1 aromatic carbocycles. The van der Waals surface area contributed by atoms with Crippen molar-refractivity contribution in [2.45, 2.75) is 26.7 Å². The van der Waals surface area contributed by atoms with Crippen molar-refractivity contribution in [2.75, 3.05) is 20.8 Å². The zero-order chi connectivity index (χ0) is 21.4. The zero-order valence-electron chi connectivity index (χ0n) is 17.4. The van der Waals surface area contributed by atoms with Crippen LogP contribution < -0.4 is 14.2 Å². The van der Waals surface area contributed by atoms with E-state index in [0.717, 1.165) is 5.56 Å². The molecule has 0 aliphatic carbocycles. The summed E-state index contributed by atoms with van der Waals surface area (Å²) >= 11 is 0. The second kappa shape index (κ2) is 7.66. The predicted molar refractivity (Wildman–Crippen MR) is 107 cm³/mol. The lowest BCUT2D eigenvalue weighted by Gasteiger charge is -2.28. The molecule has 1 aliphatic rings. The number of hydrogen-bond donors (Lipinski definition) is 0. The SMILES string of the molecule is CCOC(=O)C1=C(C)Oc2ncn3nc(C)nc3c2[C@@H]1c1ccc(OC)c(OC)c1. The van der Waals surface area contributed by atoms with Crippen LogP contribution in [0, 0.1) is 6.92 Å². The van der Waals surface area contributed by atoms with Crippen molar-refractivity contribution in [1.82, 2.24) is 19.6 Å². The fraction of sp³-hybridized carbons (Fsp3) is 0.333. The summed E-state index contributed by atoms with van der Waals surface area (Å²) in [6, 6.07) is 5.50. The van der Waals surface area contributed by atoms with Crippen LogP contribution in [0.25, 0.3) is 5.65 Å². The number of carbonyl (C=O) groups excluding carboxylic acids is 1. The van der Waals surface area contributed by atoms with Gasteiger partial charge in [-0.2, -0.15) is 5.10 Å². The summed E-state index contributed by atoms with van der Waals surface area (Å²) in [6.07, 6.45) is 1.54. The highest BCUT2D eigenvalue weighted by molar-refractivity contribution is 5.93. The largest absolute Gasteiger partial charge is 0.493 e. The van der Waals surface area contributed by atoms with Gasteiger partial charge in [0.15, 0.2) is 17.1 Å². The van der Waals surface area contributed by atoms with E-state index < -0.39 is 11.9 Å². The lowest BCUT2D eigenvalue weighted by Crippen LogP contribution is -2.24. The Morgan fingerprint density at radius 2 is 1.97 bits per heavy atom. The number of benzene rings is 1. The summed E-state index contributed by atoms with van der Waals surface area (Å²) in [5.74, 6) is 1.52. The number of hydrogen-bond acceptors (Lipinski definition) is 8. The minimum absolute atomic E-state index is 0.244. The highest BCUT2D eigenvalue weighted by Gasteiger charge is 2.38. The summed E-state index contributed by atoms with van der Waals surface area (Å²) in [5, 5.41) is 4.35. The number of ether oxygens (including phenoxy) is 4. The molecule has 0 amide bonds. The maximum Gasteiger partial charge on any atom is 0.338 e. The van der Waals surface area contributed by atoms with E-state index in [1.165, 1.54) is 0 Å². The molecule has 4 rings (SSSR count). The first kappa shape index (κ1) is 19.7. The van der Waals surface area contributed by atoms with Gasteiger partial charge >= 0.3 is 5.97 Å². The molecule has 0 saturated heterocycles. The van der Waals surface area contributed by atoms with Gasteiger partial charge in [-0.15, -0.1) is 0 Å². The average molecular weight is 410 g/mol. The first-order chi connectivity index (χ1) is 14.5. The highest BCUT2D eigenvalue weighted by atomic mass is 16.5. The van der Waals surface area contributed by atoms with Gasteiger partial charge in [-0.1, -0.05) is 6.07 Å². The van der Waals surface area contributed by atoms with Crippen molar-refractivity contribution in [3.63, 3.8) is 0 Å². The van der Waals surface area contributed by atoms with Crippen LogP contribution in [-0.2, 0) is 9.53 Å². The van der Waals surface area contributed by atoms with Crippen LogP contribution in [-0.4, -0.2) is 46.4 Å². The number of methoxy groups -OCH3 is 2. The zero-order valence-corrected chi connectivity index (χ0v) is 17.4. The topological polar surface area (TPSA) is 97.1 Å². The number of aryl methyl sites for hydroxylation is 1. The molecular formula is C21H22N4O5. The Morgan fingerprint density at radius 3 is 2.67 bits per heavy atom. The van der Waals surface area contributed by atoms with Crippen molar-refractivity contribution >= 4 is 11.6 Å². The Kier molecular flexibility index (Phi) is 5.03. The van der Waals surface area contributed by atoms with Crippen molar-refractivity contribution in [3.05, 3.63) is 52.8 Å². The monoisotopic (exact) mass is 410 g/mol. The van der Waals surface area contributed by atoms with Crippen LogP contribution in [0.15, 0.2) is 35.9 Å². The third-order valence-electron chi connectivity index (χ3n) is 4.94. The maximum atomic E-state index is 12.9. The Bertz CT molecular complexity index is 1170. The molecule has 2 aromatic heterocycles. The number of carbonyl (C=O) groups is 1. The van der Waals surface area contributed by atoms with Crippen molar-refractivity contribution in [3.8, 4) is 17.4 Å². The molecule has 156 valence electrons. The second-order valence-corrected chi connectivity index (χ2v) is 6.73. The van der Waals surface area contributed by atoms with Gasteiger partial charge in [0.05, 0.1) is 37.9 Å². The van der Waals surface area contributed by atoms with Gasteiger partial charge < -0.3 is 18.9 Å². The van der Waals surface area contributed by atoms with Gasteiger partial charge in [0.1, 0.15) is 17.9 Å². The van der Waals surface area contributed by atoms with E-state index in [2.05, 4.69) is 15.1 Å². The highest BCUT2D eigenvalue weighted by Crippen LogP contribution is 2.45. The minimum Gasteiger partial charge on any atom is -0.493 e. The van der Waals surface area contributed by atoms with Gasteiger partial charge in [-0.05, 0) is 38.5 Å². The maximum absolute atomic E-state index is 12.9. The van der Waals surface area contributed by atoms with Crippen LogP contribution in [0.3, 0.4) is 0 Å². The molecular weight excluding hydrogens is 388 g/mol. The summed E-state index contributed by atoms with van der Waals surface area (Å²) in [5.41, 5.74) is 2.37. The predicted octanol–water partition coefficient (Wildman–Crippen LogP) is 2.81. The lowest BCUT2D eigenvalue weighted by atomic mass is 9.83. The number of fused-ring (bicyclic) bond motifs is 3. The molecule has 0 saturated carbocycles. The van der Waals surface area contributed by atoms with E-state index in [1.807, 2.05) is 12.1 Å². The van der Waals surface area contributed by atoms with Crippen LogP contribution in [0.2, 0.25) is 0 Å². The summed E-state index contributed by atoms with van der Waals surface area (Å²) < 4.78 is 23.7. The number of rotatable bonds is 5. The molecule has 0 spiro atoms. The lowest BCUT2D eigenvalue weighted by molar-refractivity contribution is -0.139. The summed E-state index contributed by atoms with van der Waals surface area (Å²) in [4.78, 5) is 21.9. The summed E-state index contributed by atoms with van der Waals surface area (Å²) in [7, 11) is 3.14. The van der Waals surface area contributed by atoms with E-state index in [9.17, 15) is 4.79 Å². The summed E-state index contributed by atoms with van der Waals surface area (Å²) in [6.45, 7) is 5.53. The van der Waals surface area contributed by atoms with Crippen molar-refractivity contribution < 1.29 is 23.7 Å². The van der Waals surface area contributed by atoms with E-state index in [-0.39, 0.29) is 6.61 Å². The van der Waals surface area contributed by atoms with E-state index in [0.29, 0.717) is 45.7 Å². The Balaban J connectivity index is 2.01. The number of aromatic nitrogens is 4. The molecule has 0 radical (unpaired) electrons. The molecule has 1 atom stereocenters. The molecule has 0 unspecified atom stereocenters. The van der Waals surface area contributed by atoms with E-state index in [1.54, 1.807) is 51.9 Å². The standard InChI is InChI=1S/C21H22N4O5/c1-6-29-21(26)16-11(2)30-20-18(19-23-12(3)24-25(19)10-22-20)17(16)13-7-8-14(27-4)15(9-13)28-5/h7-10,17H,6H2,1-5H3/t17-/m1/s1. The quantitative estimate of drug-likeness (QED) is 0.593. The fourth-order valence-electron chi connectivity index (χ4n) is 3.68. The van der Waals surface area contributed by atoms with Gasteiger partial charge in [-0.3, -0.25) is 0 Å². The molecule has 0 fully saturated rings. The number of nitrogens with zero attached hydrogens (tertiary/aromatic N) is 4. The number of esters is 1.